The maximum absolute atomic E-state index is 12.9. The highest BCUT2D eigenvalue weighted by atomic mass is 32.2. The van der Waals surface area contributed by atoms with Crippen LogP contribution in [0, 0.1) is 5.82 Å². The molecule has 0 aliphatic carbocycles. The third-order valence-electron chi connectivity index (χ3n) is 4.26. The molecule has 0 bridgehead atoms. The van der Waals surface area contributed by atoms with Crippen molar-refractivity contribution >= 4 is 21.6 Å². The lowest BCUT2D eigenvalue weighted by Crippen LogP contribution is -2.26. The van der Waals surface area contributed by atoms with Crippen molar-refractivity contribution in [3.05, 3.63) is 59.4 Å². The minimum atomic E-state index is -3.63. The Kier molecular flexibility index (Phi) is 4.87. The topological polar surface area (TPSA) is 66.5 Å². The summed E-state index contributed by atoms with van der Waals surface area (Å²) < 4.78 is 40.3. The molecular weight excluding hydrogens is 343 g/mol. The van der Waals surface area contributed by atoms with Gasteiger partial charge in [0.2, 0.25) is 15.9 Å². The van der Waals surface area contributed by atoms with E-state index in [9.17, 15) is 17.6 Å². The Balaban J connectivity index is 1.68. The fourth-order valence-corrected chi connectivity index (χ4v) is 4.02. The second kappa shape index (κ2) is 6.93. The fourth-order valence-electron chi connectivity index (χ4n) is 2.94. The van der Waals surface area contributed by atoms with E-state index in [0.717, 1.165) is 16.8 Å². The molecule has 1 aliphatic rings. The minimum Gasteiger partial charge on any atom is -0.312 e. The number of carbonyl (C=O) groups is 1. The number of hydrogen-bond donors (Lipinski definition) is 1. The Bertz CT molecular complexity index is 895. The van der Waals surface area contributed by atoms with Crippen LogP contribution in [0.3, 0.4) is 0 Å². The molecular formula is C18H19FN2O3S. The summed E-state index contributed by atoms with van der Waals surface area (Å²) in [6.07, 6.45) is 1.12. The molecule has 0 unspecified atom stereocenters. The number of halogens is 1. The van der Waals surface area contributed by atoms with Crippen LogP contribution < -0.4 is 9.62 Å². The van der Waals surface area contributed by atoms with E-state index < -0.39 is 10.0 Å². The molecule has 0 atom stereocenters. The SMILES string of the molecule is CC(=O)N1CCc2cc(S(=O)(=O)NCCc3ccc(F)cc3)ccc21. The third kappa shape index (κ3) is 3.88. The predicted octanol–water partition coefficient (Wildman–Crippen LogP) is 2.26. The van der Waals surface area contributed by atoms with E-state index in [1.165, 1.54) is 25.1 Å². The molecule has 0 saturated carbocycles. The molecule has 0 spiro atoms. The molecule has 3 rings (SSSR count). The van der Waals surface area contributed by atoms with E-state index in [1.807, 2.05) is 0 Å². The molecule has 0 fully saturated rings. The van der Waals surface area contributed by atoms with E-state index in [0.29, 0.717) is 19.4 Å². The maximum atomic E-state index is 12.9. The number of rotatable bonds is 5. The molecule has 1 N–H and O–H groups in total. The average molecular weight is 362 g/mol. The summed E-state index contributed by atoms with van der Waals surface area (Å²) in [5.41, 5.74) is 2.49. The molecule has 5 nitrogen and oxygen atoms in total. The van der Waals surface area contributed by atoms with Gasteiger partial charge in [-0.25, -0.2) is 17.5 Å². The summed E-state index contributed by atoms with van der Waals surface area (Å²) in [7, 11) is -3.63. The lowest BCUT2D eigenvalue weighted by Gasteiger charge is -2.15. The zero-order chi connectivity index (χ0) is 18.0. The summed E-state index contributed by atoms with van der Waals surface area (Å²) in [6.45, 7) is 2.30. The monoisotopic (exact) mass is 362 g/mol. The Morgan fingerprint density at radius 3 is 2.60 bits per heavy atom. The number of nitrogens with one attached hydrogen (secondary N) is 1. The lowest BCUT2D eigenvalue weighted by atomic mass is 10.1. The van der Waals surface area contributed by atoms with Gasteiger partial charge in [-0.1, -0.05) is 12.1 Å². The van der Waals surface area contributed by atoms with Crippen LogP contribution in [0.1, 0.15) is 18.1 Å². The van der Waals surface area contributed by atoms with E-state index in [1.54, 1.807) is 29.2 Å². The van der Waals surface area contributed by atoms with Gasteiger partial charge in [0.05, 0.1) is 4.90 Å². The van der Waals surface area contributed by atoms with Crippen molar-refractivity contribution in [3.63, 3.8) is 0 Å². The van der Waals surface area contributed by atoms with Gasteiger partial charge in [-0.05, 0) is 54.3 Å². The number of amides is 1. The van der Waals surface area contributed by atoms with E-state index >= 15 is 0 Å². The van der Waals surface area contributed by atoms with Crippen LogP contribution in [0.5, 0.6) is 0 Å². The fraction of sp³-hybridized carbons (Fsp3) is 0.278. The van der Waals surface area contributed by atoms with Crippen LogP contribution >= 0.6 is 0 Å². The average Bonchev–Trinajstić information content (AvgIpc) is 3.00. The first-order valence-electron chi connectivity index (χ1n) is 8.02. The highest BCUT2D eigenvalue weighted by molar-refractivity contribution is 7.89. The van der Waals surface area contributed by atoms with Gasteiger partial charge < -0.3 is 4.90 Å². The first kappa shape index (κ1) is 17.6. The number of benzene rings is 2. The van der Waals surface area contributed by atoms with E-state index in [-0.39, 0.29) is 23.2 Å². The number of sulfonamides is 1. The third-order valence-corrected chi connectivity index (χ3v) is 5.71. The molecule has 1 aliphatic heterocycles. The quantitative estimate of drug-likeness (QED) is 0.887. The van der Waals surface area contributed by atoms with Gasteiger partial charge in [-0.3, -0.25) is 4.79 Å². The highest BCUT2D eigenvalue weighted by Gasteiger charge is 2.24. The van der Waals surface area contributed by atoms with Crippen LogP contribution in [-0.2, 0) is 27.7 Å². The largest absolute Gasteiger partial charge is 0.312 e. The molecule has 2 aromatic carbocycles. The van der Waals surface area contributed by atoms with Gasteiger partial charge in [0.15, 0.2) is 0 Å². The number of nitrogens with zero attached hydrogens (tertiary/aromatic N) is 1. The Labute approximate surface area is 146 Å². The predicted molar refractivity (Wildman–Crippen MR) is 93.5 cm³/mol. The number of anilines is 1. The van der Waals surface area contributed by atoms with Crippen LogP contribution in [-0.4, -0.2) is 27.4 Å². The van der Waals surface area contributed by atoms with Gasteiger partial charge in [0.25, 0.3) is 0 Å². The molecule has 1 heterocycles. The Morgan fingerprint density at radius 2 is 1.92 bits per heavy atom. The summed E-state index contributed by atoms with van der Waals surface area (Å²) >= 11 is 0. The van der Waals surface area contributed by atoms with Crippen molar-refractivity contribution < 1.29 is 17.6 Å². The molecule has 0 saturated heterocycles. The zero-order valence-corrected chi connectivity index (χ0v) is 14.6. The number of carbonyl (C=O) groups excluding carboxylic acids is 1. The molecule has 7 heteroatoms. The van der Waals surface area contributed by atoms with Gasteiger partial charge in [0, 0.05) is 25.7 Å². The van der Waals surface area contributed by atoms with Gasteiger partial charge in [-0.2, -0.15) is 0 Å². The normalized spacial score (nSPS) is 13.8. The van der Waals surface area contributed by atoms with Crippen molar-refractivity contribution in [2.45, 2.75) is 24.7 Å². The Hall–Kier alpha value is -2.25. The van der Waals surface area contributed by atoms with Gasteiger partial charge >= 0.3 is 0 Å². The number of hydrogen-bond acceptors (Lipinski definition) is 3. The molecule has 132 valence electrons. The van der Waals surface area contributed by atoms with Crippen LogP contribution in [0.25, 0.3) is 0 Å². The van der Waals surface area contributed by atoms with Crippen molar-refractivity contribution in [2.24, 2.45) is 0 Å². The second-order valence-corrected chi connectivity index (χ2v) is 7.75. The van der Waals surface area contributed by atoms with E-state index in [2.05, 4.69) is 4.72 Å². The zero-order valence-electron chi connectivity index (χ0n) is 13.8. The first-order chi connectivity index (χ1) is 11.9. The highest BCUT2D eigenvalue weighted by Crippen LogP contribution is 2.30. The van der Waals surface area contributed by atoms with Crippen molar-refractivity contribution in [3.8, 4) is 0 Å². The molecule has 2 aromatic rings. The summed E-state index contributed by atoms with van der Waals surface area (Å²) in [5.74, 6) is -0.367. The van der Waals surface area contributed by atoms with Gasteiger partial charge in [-0.15, -0.1) is 0 Å². The first-order valence-corrected chi connectivity index (χ1v) is 9.50. The number of fused-ring (bicyclic) bond motifs is 1. The molecule has 25 heavy (non-hydrogen) atoms. The van der Waals surface area contributed by atoms with E-state index in [4.69, 9.17) is 0 Å². The maximum Gasteiger partial charge on any atom is 0.240 e. The molecule has 1 amide bonds. The summed E-state index contributed by atoms with van der Waals surface area (Å²) in [4.78, 5) is 13.4. The van der Waals surface area contributed by atoms with Crippen LogP contribution in [0.4, 0.5) is 10.1 Å². The van der Waals surface area contributed by atoms with Crippen LogP contribution in [0.15, 0.2) is 47.4 Å². The second-order valence-electron chi connectivity index (χ2n) is 5.99. The summed E-state index contributed by atoms with van der Waals surface area (Å²) in [5, 5.41) is 0. The minimum absolute atomic E-state index is 0.0493. The molecule has 0 radical (unpaired) electrons. The van der Waals surface area contributed by atoms with Crippen molar-refractivity contribution in [2.75, 3.05) is 18.0 Å². The molecule has 0 aromatic heterocycles. The van der Waals surface area contributed by atoms with Crippen LogP contribution in [0.2, 0.25) is 0 Å². The smallest absolute Gasteiger partial charge is 0.240 e. The van der Waals surface area contributed by atoms with Gasteiger partial charge in [0.1, 0.15) is 5.82 Å². The Morgan fingerprint density at radius 1 is 1.20 bits per heavy atom. The lowest BCUT2D eigenvalue weighted by molar-refractivity contribution is -0.116. The summed E-state index contributed by atoms with van der Waals surface area (Å²) in [6, 6.07) is 10.8. The van der Waals surface area contributed by atoms with Crippen molar-refractivity contribution in [1.29, 1.82) is 0 Å². The van der Waals surface area contributed by atoms with Crippen molar-refractivity contribution in [1.82, 2.24) is 4.72 Å². The standard InChI is InChI=1S/C18H19FN2O3S/c1-13(22)21-11-9-15-12-17(6-7-18(15)21)25(23,24)20-10-8-14-2-4-16(19)5-3-14/h2-7,12,20H,8-11H2,1H3.